The summed E-state index contributed by atoms with van der Waals surface area (Å²) in [7, 11) is 0. The van der Waals surface area contributed by atoms with Gasteiger partial charge < -0.3 is 9.73 Å². The maximum atomic E-state index is 11.7. The molecule has 1 heterocycles. The summed E-state index contributed by atoms with van der Waals surface area (Å²) < 4.78 is 5.82. The minimum Gasteiger partial charge on any atom is -0.436 e. The van der Waals surface area contributed by atoms with E-state index in [2.05, 4.69) is 10.3 Å². The number of fused-ring (bicyclic) bond motifs is 1. The van der Waals surface area contributed by atoms with Crippen LogP contribution in [0.15, 0.2) is 46.9 Å². The SMILES string of the molecule is CCCC(=O)Nc1ccc2oc(-c3ccccc3C)nc2c1. The number of aryl methyl sites for hydroxylation is 1. The van der Waals surface area contributed by atoms with Crippen molar-refractivity contribution in [2.45, 2.75) is 26.7 Å². The predicted octanol–water partition coefficient (Wildman–Crippen LogP) is 4.54. The van der Waals surface area contributed by atoms with Gasteiger partial charge >= 0.3 is 0 Å². The van der Waals surface area contributed by atoms with Gasteiger partial charge in [-0.3, -0.25) is 4.79 Å². The molecule has 22 heavy (non-hydrogen) atoms. The van der Waals surface area contributed by atoms with Crippen molar-refractivity contribution in [3.63, 3.8) is 0 Å². The predicted molar refractivity (Wildman–Crippen MR) is 87.7 cm³/mol. The topological polar surface area (TPSA) is 55.1 Å². The Labute approximate surface area is 129 Å². The van der Waals surface area contributed by atoms with E-state index in [1.165, 1.54) is 0 Å². The average Bonchev–Trinajstić information content (AvgIpc) is 2.90. The van der Waals surface area contributed by atoms with Crippen LogP contribution in [-0.4, -0.2) is 10.9 Å². The maximum absolute atomic E-state index is 11.7. The first kappa shape index (κ1) is 14.3. The summed E-state index contributed by atoms with van der Waals surface area (Å²) in [5.41, 5.74) is 4.30. The summed E-state index contributed by atoms with van der Waals surface area (Å²) in [5.74, 6) is 0.620. The zero-order chi connectivity index (χ0) is 15.5. The number of hydrogen-bond acceptors (Lipinski definition) is 3. The molecule has 0 atom stereocenters. The fraction of sp³-hybridized carbons (Fsp3) is 0.222. The van der Waals surface area contributed by atoms with E-state index in [0.717, 1.165) is 28.8 Å². The summed E-state index contributed by atoms with van der Waals surface area (Å²) in [5, 5.41) is 2.87. The third kappa shape index (κ3) is 2.86. The molecule has 112 valence electrons. The number of aromatic nitrogens is 1. The minimum absolute atomic E-state index is 0.0180. The van der Waals surface area contributed by atoms with E-state index in [4.69, 9.17) is 4.42 Å². The third-order valence-corrected chi connectivity index (χ3v) is 3.52. The molecule has 3 rings (SSSR count). The molecule has 2 aromatic carbocycles. The van der Waals surface area contributed by atoms with Gasteiger partial charge in [0.2, 0.25) is 11.8 Å². The number of nitrogens with zero attached hydrogens (tertiary/aromatic N) is 1. The number of benzene rings is 2. The number of carbonyl (C=O) groups is 1. The van der Waals surface area contributed by atoms with Crippen molar-refractivity contribution < 1.29 is 9.21 Å². The number of oxazole rings is 1. The molecule has 4 heteroatoms. The van der Waals surface area contributed by atoms with Crippen molar-refractivity contribution in [1.82, 2.24) is 4.98 Å². The molecule has 0 aliphatic carbocycles. The molecule has 0 fully saturated rings. The molecule has 0 unspecified atom stereocenters. The number of amides is 1. The standard InChI is InChI=1S/C18H18N2O2/c1-3-6-17(21)19-13-9-10-16-15(11-13)20-18(22-16)14-8-5-4-7-12(14)2/h4-5,7-11H,3,6H2,1-2H3,(H,19,21). The summed E-state index contributed by atoms with van der Waals surface area (Å²) in [6, 6.07) is 13.5. The molecule has 1 aromatic heterocycles. The second-order valence-electron chi connectivity index (χ2n) is 5.31. The Morgan fingerprint density at radius 1 is 1.23 bits per heavy atom. The first-order chi connectivity index (χ1) is 10.7. The molecule has 0 radical (unpaired) electrons. The Hall–Kier alpha value is -2.62. The van der Waals surface area contributed by atoms with Gasteiger partial charge in [0, 0.05) is 17.7 Å². The van der Waals surface area contributed by atoms with Gasteiger partial charge in [0.1, 0.15) is 5.52 Å². The number of anilines is 1. The molecule has 0 saturated carbocycles. The maximum Gasteiger partial charge on any atom is 0.227 e. The number of carbonyl (C=O) groups excluding carboxylic acids is 1. The second-order valence-corrected chi connectivity index (χ2v) is 5.31. The van der Waals surface area contributed by atoms with Gasteiger partial charge in [0.25, 0.3) is 0 Å². The highest BCUT2D eigenvalue weighted by Crippen LogP contribution is 2.28. The number of nitrogens with one attached hydrogen (secondary N) is 1. The Balaban J connectivity index is 1.94. The van der Waals surface area contributed by atoms with Crippen LogP contribution in [-0.2, 0) is 4.79 Å². The molecule has 0 aliphatic rings. The van der Waals surface area contributed by atoms with Crippen molar-refractivity contribution in [1.29, 1.82) is 0 Å². The van der Waals surface area contributed by atoms with Crippen LogP contribution in [0.3, 0.4) is 0 Å². The molecule has 1 amide bonds. The van der Waals surface area contributed by atoms with Crippen LogP contribution in [0.1, 0.15) is 25.3 Å². The highest BCUT2D eigenvalue weighted by molar-refractivity contribution is 5.93. The van der Waals surface area contributed by atoms with Crippen LogP contribution < -0.4 is 5.32 Å². The minimum atomic E-state index is 0.0180. The Kier molecular flexibility index (Phi) is 3.92. The van der Waals surface area contributed by atoms with E-state index in [1.807, 2.05) is 56.3 Å². The quantitative estimate of drug-likeness (QED) is 0.768. The van der Waals surface area contributed by atoms with Crippen LogP contribution in [0, 0.1) is 6.92 Å². The van der Waals surface area contributed by atoms with Gasteiger partial charge in [0.15, 0.2) is 5.58 Å². The Morgan fingerprint density at radius 3 is 2.82 bits per heavy atom. The fourth-order valence-electron chi connectivity index (χ4n) is 2.38. The van der Waals surface area contributed by atoms with Gasteiger partial charge in [-0.25, -0.2) is 4.98 Å². The van der Waals surface area contributed by atoms with Crippen molar-refractivity contribution in [2.24, 2.45) is 0 Å². The van der Waals surface area contributed by atoms with Crippen LogP contribution in [0.25, 0.3) is 22.6 Å². The van der Waals surface area contributed by atoms with Gasteiger partial charge in [-0.15, -0.1) is 0 Å². The van der Waals surface area contributed by atoms with Gasteiger partial charge in [0.05, 0.1) is 0 Å². The van der Waals surface area contributed by atoms with E-state index in [9.17, 15) is 4.79 Å². The first-order valence-electron chi connectivity index (χ1n) is 7.44. The molecule has 0 bridgehead atoms. The van der Waals surface area contributed by atoms with Crippen molar-refractivity contribution in [2.75, 3.05) is 5.32 Å². The Bertz CT molecular complexity index is 821. The lowest BCUT2D eigenvalue weighted by atomic mass is 10.1. The van der Waals surface area contributed by atoms with Crippen molar-refractivity contribution >= 4 is 22.7 Å². The van der Waals surface area contributed by atoms with Gasteiger partial charge in [-0.1, -0.05) is 25.1 Å². The smallest absolute Gasteiger partial charge is 0.227 e. The zero-order valence-corrected chi connectivity index (χ0v) is 12.7. The largest absolute Gasteiger partial charge is 0.436 e. The van der Waals surface area contributed by atoms with E-state index in [-0.39, 0.29) is 5.91 Å². The zero-order valence-electron chi connectivity index (χ0n) is 12.7. The molecule has 0 spiro atoms. The summed E-state index contributed by atoms with van der Waals surface area (Å²) in [6.07, 6.45) is 1.35. The molecular formula is C18H18N2O2. The average molecular weight is 294 g/mol. The Morgan fingerprint density at radius 2 is 2.05 bits per heavy atom. The van der Waals surface area contributed by atoms with Crippen molar-refractivity contribution in [3.05, 3.63) is 48.0 Å². The lowest BCUT2D eigenvalue weighted by molar-refractivity contribution is -0.116. The molecule has 0 saturated heterocycles. The normalized spacial score (nSPS) is 10.8. The van der Waals surface area contributed by atoms with E-state index >= 15 is 0 Å². The summed E-state index contributed by atoms with van der Waals surface area (Å²) >= 11 is 0. The highest BCUT2D eigenvalue weighted by Gasteiger charge is 2.11. The van der Waals surface area contributed by atoms with Crippen LogP contribution >= 0.6 is 0 Å². The first-order valence-corrected chi connectivity index (χ1v) is 7.44. The van der Waals surface area contributed by atoms with Crippen LogP contribution in [0.4, 0.5) is 5.69 Å². The fourth-order valence-corrected chi connectivity index (χ4v) is 2.38. The highest BCUT2D eigenvalue weighted by atomic mass is 16.3. The van der Waals surface area contributed by atoms with Crippen LogP contribution in [0.5, 0.6) is 0 Å². The van der Waals surface area contributed by atoms with Crippen LogP contribution in [0.2, 0.25) is 0 Å². The monoisotopic (exact) mass is 294 g/mol. The lowest BCUT2D eigenvalue weighted by Gasteiger charge is -2.02. The van der Waals surface area contributed by atoms with Gasteiger partial charge in [-0.2, -0.15) is 0 Å². The van der Waals surface area contributed by atoms with Crippen molar-refractivity contribution in [3.8, 4) is 11.5 Å². The van der Waals surface area contributed by atoms with E-state index < -0.39 is 0 Å². The number of rotatable bonds is 4. The lowest BCUT2D eigenvalue weighted by Crippen LogP contribution is -2.10. The van der Waals surface area contributed by atoms with Gasteiger partial charge in [-0.05, 0) is 43.2 Å². The second kappa shape index (κ2) is 6.02. The molecule has 3 aromatic rings. The molecule has 4 nitrogen and oxygen atoms in total. The van der Waals surface area contributed by atoms with E-state index in [1.54, 1.807) is 0 Å². The molecular weight excluding hydrogens is 276 g/mol. The summed E-state index contributed by atoms with van der Waals surface area (Å²) in [4.78, 5) is 16.2. The summed E-state index contributed by atoms with van der Waals surface area (Å²) in [6.45, 7) is 4.01. The van der Waals surface area contributed by atoms with E-state index in [0.29, 0.717) is 17.9 Å². The third-order valence-electron chi connectivity index (χ3n) is 3.52. The number of hydrogen-bond donors (Lipinski definition) is 1. The molecule has 1 N–H and O–H groups in total. The molecule has 0 aliphatic heterocycles.